The van der Waals surface area contributed by atoms with Crippen LogP contribution in [0.1, 0.15) is 0 Å². The van der Waals surface area contributed by atoms with Crippen molar-refractivity contribution < 1.29 is 4.42 Å². The van der Waals surface area contributed by atoms with Gasteiger partial charge < -0.3 is 4.42 Å². The summed E-state index contributed by atoms with van der Waals surface area (Å²) in [5, 5.41) is 9.70. The van der Waals surface area contributed by atoms with E-state index in [2.05, 4.69) is 127 Å². The quantitative estimate of drug-likeness (QED) is 0.144. The monoisotopic (exact) mass is 624 g/mol. The second-order valence-electron chi connectivity index (χ2n) is 12.6. The molecule has 3 heteroatoms. The van der Waals surface area contributed by atoms with E-state index >= 15 is 0 Å². The van der Waals surface area contributed by atoms with Crippen molar-refractivity contribution in [1.29, 1.82) is 0 Å². The molecule has 10 aromatic rings. The SMILES string of the molecule is c1ccc(-c2nc(-c3ccc(-c4cccc5c4ccc4cc6ccccc6cc45)cc3)cc(-c3cccc4oc5ccccc5c34)n2)cc1. The molecule has 0 bridgehead atoms. The largest absolute Gasteiger partial charge is 0.456 e. The van der Waals surface area contributed by atoms with Crippen LogP contribution in [0.4, 0.5) is 0 Å². The van der Waals surface area contributed by atoms with Crippen LogP contribution in [0.5, 0.6) is 0 Å². The molecule has 10 rings (SSSR count). The molecule has 0 spiro atoms. The number of furan rings is 1. The third-order valence-corrected chi connectivity index (χ3v) is 9.67. The van der Waals surface area contributed by atoms with E-state index in [1.54, 1.807) is 0 Å². The maximum Gasteiger partial charge on any atom is 0.160 e. The van der Waals surface area contributed by atoms with Gasteiger partial charge in [0.2, 0.25) is 0 Å². The summed E-state index contributed by atoms with van der Waals surface area (Å²) in [6.45, 7) is 0. The molecule has 0 aliphatic rings. The van der Waals surface area contributed by atoms with Gasteiger partial charge in [-0.1, -0.05) is 140 Å². The smallest absolute Gasteiger partial charge is 0.160 e. The number of hydrogen-bond donors (Lipinski definition) is 0. The van der Waals surface area contributed by atoms with E-state index in [1.165, 1.54) is 43.4 Å². The minimum Gasteiger partial charge on any atom is -0.456 e. The van der Waals surface area contributed by atoms with Gasteiger partial charge in [-0.05, 0) is 73.8 Å². The summed E-state index contributed by atoms with van der Waals surface area (Å²) in [6, 6.07) is 59.8. The number of hydrogen-bond acceptors (Lipinski definition) is 3. The molecule has 0 radical (unpaired) electrons. The minimum absolute atomic E-state index is 0.690. The van der Waals surface area contributed by atoms with E-state index in [-0.39, 0.29) is 0 Å². The van der Waals surface area contributed by atoms with Crippen LogP contribution in [0.25, 0.3) is 99.3 Å². The van der Waals surface area contributed by atoms with E-state index in [4.69, 9.17) is 14.4 Å². The highest BCUT2D eigenvalue weighted by Gasteiger charge is 2.17. The lowest BCUT2D eigenvalue weighted by Crippen LogP contribution is -1.96. The van der Waals surface area contributed by atoms with Gasteiger partial charge in [-0.2, -0.15) is 0 Å². The summed E-state index contributed by atoms with van der Waals surface area (Å²) in [7, 11) is 0. The molecule has 0 saturated heterocycles. The highest BCUT2D eigenvalue weighted by molar-refractivity contribution is 6.15. The number of benzene rings is 8. The number of nitrogens with zero attached hydrogens (tertiary/aromatic N) is 2. The van der Waals surface area contributed by atoms with Gasteiger partial charge in [0.05, 0.1) is 11.4 Å². The van der Waals surface area contributed by atoms with Gasteiger partial charge in [0, 0.05) is 27.5 Å². The van der Waals surface area contributed by atoms with Gasteiger partial charge in [-0.3, -0.25) is 0 Å². The molecule has 0 atom stereocenters. The zero-order valence-electron chi connectivity index (χ0n) is 26.5. The molecule has 0 aliphatic heterocycles. The molecule has 49 heavy (non-hydrogen) atoms. The third kappa shape index (κ3) is 4.59. The number of rotatable bonds is 4. The Morgan fingerprint density at radius 1 is 0.347 bits per heavy atom. The molecule has 0 saturated carbocycles. The second-order valence-corrected chi connectivity index (χ2v) is 12.6. The Morgan fingerprint density at radius 2 is 1.02 bits per heavy atom. The highest BCUT2D eigenvalue weighted by atomic mass is 16.3. The van der Waals surface area contributed by atoms with Crippen LogP contribution in [0, 0.1) is 0 Å². The zero-order chi connectivity index (χ0) is 32.3. The Bertz CT molecular complexity index is 2870. The Kier molecular flexibility index (Phi) is 6.18. The number of aromatic nitrogens is 2. The van der Waals surface area contributed by atoms with Crippen molar-refractivity contribution in [3.05, 3.63) is 170 Å². The molecule has 0 unspecified atom stereocenters. The Hall–Kier alpha value is -6.58. The van der Waals surface area contributed by atoms with E-state index in [1.807, 2.05) is 42.5 Å². The first-order valence-corrected chi connectivity index (χ1v) is 16.6. The van der Waals surface area contributed by atoms with Gasteiger partial charge in [0.15, 0.2) is 5.82 Å². The van der Waals surface area contributed by atoms with Crippen molar-refractivity contribution in [2.45, 2.75) is 0 Å². The van der Waals surface area contributed by atoms with Crippen molar-refractivity contribution in [3.63, 3.8) is 0 Å². The summed E-state index contributed by atoms with van der Waals surface area (Å²) in [5.74, 6) is 0.690. The summed E-state index contributed by atoms with van der Waals surface area (Å²) in [4.78, 5) is 10.2. The van der Waals surface area contributed by atoms with Crippen molar-refractivity contribution in [3.8, 4) is 45.0 Å². The predicted octanol–water partition coefficient (Wildman–Crippen LogP) is 12.5. The van der Waals surface area contributed by atoms with Gasteiger partial charge in [-0.25, -0.2) is 9.97 Å². The maximum atomic E-state index is 6.23. The standard InChI is InChI=1S/C46H28N2O/c1-2-10-31(11-3-1)46-47-41(28-42(48-46)38-17-9-19-44-45(38)39-14-6-7-18-43(39)49-44)30-22-20-29(21-23-30)35-15-8-16-36-37(35)25-24-34-26-32-12-4-5-13-33(32)27-40(34)36/h1-28H. The van der Waals surface area contributed by atoms with Crippen LogP contribution in [0.15, 0.2) is 174 Å². The van der Waals surface area contributed by atoms with Crippen LogP contribution in [0.2, 0.25) is 0 Å². The van der Waals surface area contributed by atoms with Crippen molar-refractivity contribution >= 4 is 54.3 Å². The average molecular weight is 625 g/mol. The molecule has 2 heterocycles. The minimum atomic E-state index is 0.690. The Balaban J connectivity index is 1.11. The topological polar surface area (TPSA) is 38.9 Å². The molecule has 0 fully saturated rings. The van der Waals surface area contributed by atoms with Gasteiger partial charge >= 0.3 is 0 Å². The molecule has 0 N–H and O–H groups in total. The lowest BCUT2D eigenvalue weighted by Gasteiger charge is -2.12. The lowest BCUT2D eigenvalue weighted by molar-refractivity contribution is 0.669. The van der Waals surface area contributed by atoms with Crippen LogP contribution in [-0.4, -0.2) is 9.97 Å². The molecule has 228 valence electrons. The molecule has 2 aromatic heterocycles. The fourth-order valence-electron chi connectivity index (χ4n) is 7.29. The van der Waals surface area contributed by atoms with Gasteiger partial charge in [0.25, 0.3) is 0 Å². The summed E-state index contributed by atoms with van der Waals surface area (Å²) >= 11 is 0. The van der Waals surface area contributed by atoms with Crippen LogP contribution in [0.3, 0.4) is 0 Å². The predicted molar refractivity (Wildman–Crippen MR) is 204 cm³/mol. The molecular weight excluding hydrogens is 597 g/mol. The molecular formula is C46H28N2O. The summed E-state index contributed by atoms with van der Waals surface area (Å²) in [6.07, 6.45) is 0. The lowest BCUT2D eigenvalue weighted by atomic mass is 9.93. The second kappa shape index (κ2) is 11.0. The normalized spacial score (nSPS) is 11.7. The molecule has 0 aliphatic carbocycles. The Labute approximate surface area is 282 Å². The van der Waals surface area contributed by atoms with Gasteiger partial charge in [-0.15, -0.1) is 0 Å². The highest BCUT2D eigenvalue weighted by Crippen LogP contribution is 2.39. The van der Waals surface area contributed by atoms with Crippen LogP contribution in [-0.2, 0) is 0 Å². The first-order chi connectivity index (χ1) is 24.3. The van der Waals surface area contributed by atoms with E-state index in [0.29, 0.717) is 5.82 Å². The van der Waals surface area contributed by atoms with Crippen molar-refractivity contribution in [2.75, 3.05) is 0 Å². The van der Waals surface area contributed by atoms with Crippen molar-refractivity contribution in [2.24, 2.45) is 0 Å². The van der Waals surface area contributed by atoms with E-state index in [9.17, 15) is 0 Å². The van der Waals surface area contributed by atoms with E-state index in [0.717, 1.165) is 50.0 Å². The van der Waals surface area contributed by atoms with Crippen LogP contribution >= 0.6 is 0 Å². The molecule has 8 aromatic carbocycles. The molecule has 0 amide bonds. The number of para-hydroxylation sites is 1. The summed E-state index contributed by atoms with van der Waals surface area (Å²) < 4.78 is 6.23. The Morgan fingerprint density at radius 3 is 1.90 bits per heavy atom. The van der Waals surface area contributed by atoms with Crippen molar-refractivity contribution in [1.82, 2.24) is 9.97 Å². The molecule has 3 nitrogen and oxygen atoms in total. The fourth-order valence-corrected chi connectivity index (χ4v) is 7.29. The summed E-state index contributed by atoms with van der Waals surface area (Å²) in [5.41, 5.74) is 8.86. The fraction of sp³-hybridized carbons (Fsp3) is 0. The van der Waals surface area contributed by atoms with Gasteiger partial charge in [0.1, 0.15) is 11.2 Å². The maximum absolute atomic E-state index is 6.23. The van der Waals surface area contributed by atoms with Crippen LogP contribution < -0.4 is 0 Å². The first-order valence-electron chi connectivity index (χ1n) is 16.6. The number of fused-ring (bicyclic) bond motifs is 7. The third-order valence-electron chi connectivity index (χ3n) is 9.67. The first kappa shape index (κ1) is 27.5. The van der Waals surface area contributed by atoms with E-state index < -0.39 is 0 Å². The zero-order valence-corrected chi connectivity index (χ0v) is 26.5. The average Bonchev–Trinajstić information content (AvgIpc) is 3.56.